The van der Waals surface area contributed by atoms with Gasteiger partial charge in [-0.3, -0.25) is 0 Å². The lowest BCUT2D eigenvalue weighted by molar-refractivity contribution is 0.661. The minimum atomic E-state index is -0.267. The van der Waals surface area contributed by atoms with Gasteiger partial charge in [-0.25, -0.2) is 9.98 Å². The van der Waals surface area contributed by atoms with Gasteiger partial charge in [-0.1, -0.05) is 141 Å². The first kappa shape index (κ1) is 33.9. The Kier molecular flexibility index (Phi) is 7.40. The molecule has 5 heteroatoms. The molecule has 1 unspecified atom stereocenters. The Morgan fingerprint density at radius 3 is 2.25 bits per heavy atom. The zero-order valence-electron chi connectivity index (χ0n) is 32.9. The van der Waals surface area contributed by atoms with Crippen molar-refractivity contribution in [1.82, 2.24) is 9.88 Å². The maximum absolute atomic E-state index is 6.76. The predicted molar refractivity (Wildman–Crippen MR) is 244 cm³/mol. The van der Waals surface area contributed by atoms with Gasteiger partial charge in [-0.2, -0.15) is 0 Å². The van der Waals surface area contributed by atoms with Gasteiger partial charge in [0.05, 0.1) is 11.0 Å². The van der Waals surface area contributed by atoms with Gasteiger partial charge in [0.2, 0.25) is 0 Å². The maximum atomic E-state index is 6.76. The van der Waals surface area contributed by atoms with Crippen molar-refractivity contribution in [1.29, 1.82) is 0 Å². The van der Waals surface area contributed by atoms with Gasteiger partial charge in [0.25, 0.3) is 0 Å². The van der Waals surface area contributed by atoms with E-state index in [-0.39, 0.29) is 11.6 Å². The van der Waals surface area contributed by atoms with E-state index in [2.05, 4.69) is 188 Å². The second-order valence-electron chi connectivity index (χ2n) is 16.5. The molecule has 0 radical (unpaired) electrons. The number of rotatable bonds is 5. The van der Waals surface area contributed by atoms with Gasteiger partial charge in [0.15, 0.2) is 5.84 Å². The predicted octanol–water partition coefficient (Wildman–Crippen LogP) is 13.1. The lowest BCUT2D eigenvalue weighted by Crippen LogP contribution is -2.40. The number of para-hydroxylation sites is 1. The van der Waals surface area contributed by atoms with Crippen LogP contribution in [0.4, 0.5) is 0 Å². The van der Waals surface area contributed by atoms with Crippen LogP contribution in [0.5, 0.6) is 0 Å². The summed E-state index contributed by atoms with van der Waals surface area (Å²) < 4.78 is 9.16. The van der Waals surface area contributed by atoms with E-state index in [4.69, 9.17) is 14.4 Å². The van der Waals surface area contributed by atoms with Gasteiger partial charge >= 0.3 is 0 Å². The summed E-state index contributed by atoms with van der Waals surface area (Å²) in [5.74, 6) is 1.49. The molecule has 0 bridgehead atoms. The normalized spacial score (nSPS) is 16.8. The number of nitrogens with zero attached hydrogens (tertiary/aromatic N) is 3. The van der Waals surface area contributed by atoms with Gasteiger partial charge in [-0.05, 0) is 88.2 Å². The number of hydrogen-bond donors (Lipinski definition) is 1. The van der Waals surface area contributed by atoms with Crippen LogP contribution >= 0.6 is 0 Å². The van der Waals surface area contributed by atoms with E-state index in [1.807, 2.05) is 6.07 Å². The molecule has 2 aliphatic carbocycles. The van der Waals surface area contributed by atoms with Crippen molar-refractivity contribution in [3.05, 3.63) is 198 Å². The molecule has 0 fully saturated rings. The number of hydrogen-bond acceptors (Lipinski definition) is 4. The van der Waals surface area contributed by atoms with Crippen LogP contribution in [0.3, 0.4) is 0 Å². The Bertz CT molecular complexity index is 3320. The van der Waals surface area contributed by atoms with Crippen LogP contribution in [0.25, 0.3) is 71.7 Å². The molecular formula is C54H40N4O. The van der Waals surface area contributed by atoms with Crippen LogP contribution in [0.15, 0.2) is 190 Å². The third-order valence-corrected chi connectivity index (χ3v) is 12.7. The lowest BCUT2D eigenvalue weighted by atomic mass is 9.82. The van der Waals surface area contributed by atoms with Crippen LogP contribution in [0.2, 0.25) is 0 Å². The monoisotopic (exact) mass is 760 g/mol. The summed E-state index contributed by atoms with van der Waals surface area (Å²) in [5, 5.41) is 8.32. The molecule has 1 N–H and O–H groups in total. The SMILES string of the molecule is CC1(C)c2ccccc2-c2cc3c(cc21)c1ccccc1n3-c1ccc2c(c1)oc1cccc(C3=NC(c4ccc(-c5ccccc5)cc4)=NC(C4=CCCC=C4)N3)c12. The smallest absolute Gasteiger partial charge is 0.159 e. The van der Waals surface area contributed by atoms with E-state index < -0.39 is 0 Å². The molecule has 1 aliphatic heterocycles. The van der Waals surface area contributed by atoms with Gasteiger partial charge in [-0.15, -0.1) is 0 Å². The molecule has 0 spiro atoms. The van der Waals surface area contributed by atoms with Crippen molar-refractivity contribution >= 4 is 55.4 Å². The second kappa shape index (κ2) is 12.9. The fourth-order valence-corrected chi connectivity index (χ4v) is 9.76. The van der Waals surface area contributed by atoms with Gasteiger partial charge in [0, 0.05) is 49.8 Å². The van der Waals surface area contributed by atoms with Crippen molar-refractivity contribution in [2.45, 2.75) is 38.3 Å². The Morgan fingerprint density at radius 1 is 0.610 bits per heavy atom. The number of furan rings is 1. The van der Waals surface area contributed by atoms with Crippen LogP contribution in [0.1, 0.15) is 48.9 Å². The Morgan fingerprint density at radius 2 is 1.39 bits per heavy atom. The quantitative estimate of drug-likeness (QED) is 0.190. The molecule has 0 amide bonds. The molecule has 7 aromatic carbocycles. The number of aromatic nitrogens is 1. The highest BCUT2D eigenvalue weighted by atomic mass is 16.3. The number of nitrogens with one attached hydrogen (secondary N) is 1. The minimum absolute atomic E-state index is 0.0740. The number of amidine groups is 2. The van der Waals surface area contributed by atoms with E-state index >= 15 is 0 Å². The minimum Gasteiger partial charge on any atom is -0.456 e. The van der Waals surface area contributed by atoms with Crippen molar-refractivity contribution < 1.29 is 4.42 Å². The molecule has 0 saturated heterocycles. The van der Waals surface area contributed by atoms with E-state index in [0.29, 0.717) is 5.84 Å². The zero-order chi connectivity index (χ0) is 39.2. The standard InChI is InChI=1S/C54H40N4O/c1-54(2)44-21-11-9-18-38(44)42-32-47-43(31-45(42)54)39-19-10-12-22-46(39)58(47)37-28-29-40-49(30-37)59-48-23-13-20-41(50(40)48)53-56-51(35-16-7-4-8-17-35)55-52(57-53)36-26-24-34(25-27-36)33-14-5-3-6-15-33/h3,5-7,9-32,51H,4,8H2,1-2H3,(H,55,56,57). The van der Waals surface area contributed by atoms with Crippen molar-refractivity contribution in [3.8, 4) is 27.9 Å². The van der Waals surface area contributed by atoms with Crippen LogP contribution in [-0.2, 0) is 5.41 Å². The first-order valence-corrected chi connectivity index (χ1v) is 20.6. The average molecular weight is 761 g/mol. The Balaban J connectivity index is 0.994. The maximum Gasteiger partial charge on any atom is 0.159 e. The third kappa shape index (κ3) is 5.24. The average Bonchev–Trinajstić information content (AvgIpc) is 3.91. The summed E-state index contributed by atoms with van der Waals surface area (Å²) in [5.41, 5.74) is 15.9. The number of aliphatic imine (C=N–C) groups is 2. The van der Waals surface area contributed by atoms with E-state index in [9.17, 15) is 0 Å². The summed E-state index contributed by atoms with van der Waals surface area (Å²) in [7, 11) is 0. The molecular weight excluding hydrogens is 721 g/mol. The molecule has 12 rings (SSSR count). The molecule has 282 valence electrons. The van der Waals surface area contributed by atoms with Crippen molar-refractivity contribution in [3.63, 3.8) is 0 Å². The zero-order valence-corrected chi connectivity index (χ0v) is 32.9. The van der Waals surface area contributed by atoms with Crippen LogP contribution < -0.4 is 5.32 Å². The number of benzene rings is 7. The van der Waals surface area contributed by atoms with E-state index in [1.54, 1.807) is 0 Å². The summed E-state index contributed by atoms with van der Waals surface area (Å²) in [4.78, 5) is 10.4. The highest BCUT2D eigenvalue weighted by Gasteiger charge is 2.36. The van der Waals surface area contributed by atoms with Gasteiger partial charge < -0.3 is 14.3 Å². The lowest BCUT2D eigenvalue weighted by Gasteiger charge is -2.25. The fraction of sp³-hybridized carbons (Fsp3) is 0.111. The van der Waals surface area contributed by atoms with E-state index in [0.717, 1.165) is 68.6 Å². The van der Waals surface area contributed by atoms with Crippen molar-refractivity contribution in [2.24, 2.45) is 9.98 Å². The Hall–Kier alpha value is -7.24. The fourth-order valence-electron chi connectivity index (χ4n) is 9.76. The summed E-state index contributed by atoms with van der Waals surface area (Å²) in [6, 6.07) is 54.5. The highest BCUT2D eigenvalue weighted by Crippen LogP contribution is 2.51. The Labute approximate surface area is 342 Å². The van der Waals surface area contributed by atoms with Crippen molar-refractivity contribution in [2.75, 3.05) is 0 Å². The van der Waals surface area contributed by atoms with E-state index in [1.165, 1.54) is 49.6 Å². The summed E-state index contributed by atoms with van der Waals surface area (Å²) >= 11 is 0. The molecule has 3 heterocycles. The second-order valence-corrected chi connectivity index (χ2v) is 16.5. The van der Waals surface area contributed by atoms with Gasteiger partial charge in [0.1, 0.15) is 23.2 Å². The molecule has 0 saturated carbocycles. The molecule has 5 nitrogen and oxygen atoms in total. The van der Waals surface area contributed by atoms with Crippen LogP contribution in [-0.4, -0.2) is 22.4 Å². The molecule has 9 aromatic rings. The molecule has 2 aromatic heterocycles. The first-order chi connectivity index (χ1) is 29.0. The number of fused-ring (bicyclic) bond motifs is 9. The number of allylic oxidation sites excluding steroid dienone is 2. The summed E-state index contributed by atoms with van der Waals surface area (Å²) in [6.07, 6.45) is 8.49. The molecule has 59 heavy (non-hydrogen) atoms. The largest absolute Gasteiger partial charge is 0.456 e. The molecule has 3 aliphatic rings. The third-order valence-electron chi connectivity index (χ3n) is 12.7. The summed E-state index contributed by atoms with van der Waals surface area (Å²) in [6.45, 7) is 4.70. The molecule has 1 atom stereocenters. The highest BCUT2D eigenvalue weighted by molar-refractivity contribution is 6.22. The topological polar surface area (TPSA) is 54.8 Å². The van der Waals surface area contributed by atoms with Crippen LogP contribution in [0, 0.1) is 0 Å². The first-order valence-electron chi connectivity index (χ1n) is 20.6.